The number of benzene rings is 8. The van der Waals surface area contributed by atoms with Gasteiger partial charge in [-0.25, -0.2) is 16.8 Å². The quantitative estimate of drug-likeness (QED) is 0.0912. The first-order valence-corrected chi connectivity index (χ1v) is 19.2. The summed E-state index contributed by atoms with van der Waals surface area (Å²) in [5, 5.41) is 61.0. The third-order valence-electron chi connectivity index (χ3n) is 8.71. The molecule has 0 atom stereocenters. The van der Waals surface area contributed by atoms with Crippen molar-refractivity contribution in [2.75, 3.05) is 0 Å². The van der Waals surface area contributed by atoms with Crippen LogP contribution in [0.3, 0.4) is 0 Å². The van der Waals surface area contributed by atoms with E-state index in [1.165, 1.54) is 36.4 Å². The van der Waals surface area contributed by atoms with Crippen molar-refractivity contribution < 1.29 is 63.7 Å². The molecule has 0 heterocycles. The van der Waals surface area contributed by atoms with Gasteiger partial charge < -0.3 is 29.5 Å². The Morgan fingerprint density at radius 2 is 0.649 bits per heavy atom. The predicted molar refractivity (Wildman–Crippen MR) is 207 cm³/mol. The van der Waals surface area contributed by atoms with Crippen molar-refractivity contribution >= 4 is 86.1 Å². The number of azo groups is 2. The van der Waals surface area contributed by atoms with Crippen molar-refractivity contribution in [2.45, 2.75) is 9.79 Å². The summed E-state index contributed by atoms with van der Waals surface area (Å²) in [6.45, 7) is 0. The van der Waals surface area contributed by atoms with E-state index in [4.69, 9.17) is 0 Å². The third-order valence-corrected chi connectivity index (χ3v) is 10.5. The molecule has 0 bridgehead atoms. The van der Waals surface area contributed by atoms with E-state index in [2.05, 4.69) is 20.5 Å². The number of aromatic hydroxyl groups is 4. The molecule has 0 spiro atoms. The van der Waals surface area contributed by atoms with E-state index >= 15 is 0 Å². The van der Waals surface area contributed by atoms with Crippen molar-refractivity contribution in [3.63, 3.8) is 0 Å². The summed E-state index contributed by atoms with van der Waals surface area (Å²) in [7, 11) is -9.59. The van der Waals surface area contributed by atoms with E-state index in [1.807, 2.05) is 24.3 Å². The van der Waals surface area contributed by atoms with Gasteiger partial charge in [-0.2, -0.15) is 0 Å². The van der Waals surface area contributed by atoms with Crippen LogP contribution in [-0.4, -0.2) is 46.4 Å². The van der Waals surface area contributed by atoms with Gasteiger partial charge in [0.15, 0.2) is 0 Å². The summed E-state index contributed by atoms with van der Waals surface area (Å²) in [6, 6.07) is 35.1. The Labute approximate surface area is 335 Å². The van der Waals surface area contributed by atoms with Gasteiger partial charge in [0.05, 0.1) is 9.79 Å². The molecule has 0 amide bonds. The molecule has 8 rings (SSSR count). The monoisotopic (exact) mass is 838 g/mol. The maximum atomic E-state index is 11.5. The third kappa shape index (κ3) is 8.11. The Kier molecular flexibility index (Phi) is 11.3. The van der Waals surface area contributed by atoms with Crippen LogP contribution in [0.25, 0.3) is 43.1 Å². The molecule has 0 fully saturated rings. The summed E-state index contributed by atoms with van der Waals surface area (Å²) >= 11 is 0. The smallest absolute Gasteiger partial charge is 0.145 e. The molecule has 0 aliphatic heterocycles. The first kappa shape index (κ1) is 40.2. The van der Waals surface area contributed by atoms with Crippen LogP contribution in [0.15, 0.2) is 164 Å². The molecule has 57 heavy (non-hydrogen) atoms. The second-order valence-electron chi connectivity index (χ2n) is 12.2. The molecular formula is C40H26CrN4O10S2-2. The molecule has 0 unspecified atom stereocenters. The van der Waals surface area contributed by atoms with Crippen LogP contribution in [0.1, 0.15) is 0 Å². The predicted octanol–water partition coefficient (Wildman–Crippen LogP) is 9.44. The van der Waals surface area contributed by atoms with Gasteiger partial charge in [0.1, 0.15) is 66.0 Å². The van der Waals surface area contributed by atoms with Gasteiger partial charge in [-0.3, -0.25) is 0 Å². The SMILES string of the molecule is O=S(=O)([O-])c1cc(O)c(N=Nc2c(O)ccc3ccccc23)c2ccccc12.O=S(=O)([O-])c1cc(O)c(N=Nc2c(O)ccc3ccccc23)c2ccccc12.[Cr]. The van der Waals surface area contributed by atoms with E-state index in [0.29, 0.717) is 10.8 Å². The Morgan fingerprint density at radius 1 is 0.368 bits per heavy atom. The fourth-order valence-electron chi connectivity index (χ4n) is 6.15. The van der Waals surface area contributed by atoms with Gasteiger partial charge in [-0.1, -0.05) is 109 Å². The Morgan fingerprint density at radius 3 is 0.982 bits per heavy atom. The van der Waals surface area contributed by atoms with Crippen molar-refractivity contribution in [3.8, 4) is 23.0 Å². The van der Waals surface area contributed by atoms with Crippen LogP contribution in [0.4, 0.5) is 22.7 Å². The van der Waals surface area contributed by atoms with Crippen molar-refractivity contribution in [3.05, 3.63) is 133 Å². The van der Waals surface area contributed by atoms with Gasteiger partial charge in [-0.05, 0) is 22.9 Å². The largest absolute Gasteiger partial charge is 0.744 e. The van der Waals surface area contributed by atoms with Crippen LogP contribution >= 0.6 is 0 Å². The van der Waals surface area contributed by atoms with Gasteiger partial charge in [-0.15, -0.1) is 20.5 Å². The van der Waals surface area contributed by atoms with E-state index < -0.39 is 41.5 Å². The number of hydrogen-bond acceptors (Lipinski definition) is 14. The van der Waals surface area contributed by atoms with Gasteiger partial charge in [0, 0.05) is 61.8 Å². The summed E-state index contributed by atoms with van der Waals surface area (Å²) < 4.78 is 69.2. The molecule has 17 heteroatoms. The minimum absolute atomic E-state index is 0. The van der Waals surface area contributed by atoms with E-state index in [-0.39, 0.29) is 73.2 Å². The maximum absolute atomic E-state index is 11.5. The van der Waals surface area contributed by atoms with Crippen molar-refractivity contribution in [1.82, 2.24) is 0 Å². The Bertz CT molecular complexity index is 2950. The summed E-state index contributed by atoms with van der Waals surface area (Å²) in [4.78, 5) is -1.07. The number of phenols is 4. The Hall–Kier alpha value is -6.45. The molecule has 0 aliphatic rings. The average Bonchev–Trinajstić information content (AvgIpc) is 3.17. The fourth-order valence-corrected chi connectivity index (χ4v) is 7.55. The summed E-state index contributed by atoms with van der Waals surface area (Å²) in [5.41, 5.74) is 0.412. The van der Waals surface area contributed by atoms with E-state index in [1.54, 1.807) is 60.7 Å². The fraction of sp³-hybridized carbons (Fsp3) is 0. The first-order valence-electron chi connectivity index (χ1n) is 16.4. The number of nitrogens with zero attached hydrogens (tertiary/aromatic N) is 4. The van der Waals surface area contributed by atoms with Gasteiger partial charge in [0.25, 0.3) is 0 Å². The molecule has 0 radical (unpaired) electrons. The number of phenolic OH excluding ortho intramolecular Hbond substituents is 4. The molecule has 8 aromatic carbocycles. The van der Waals surface area contributed by atoms with Crippen LogP contribution in [0, 0.1) is 0 Å². The molecule has 4 N–H and O–H groups in total. The number of rotatable bonds is 6. The Balaban J connectivity index is 0.000000189. The average molecular weight is 839 g/mol. The minimum atomic E-state index is -4.79. The molecule has 286 valence electrons. The van der Waals surface area contributed by atoms with Crippen LogP contribution in [-0.2, 0) is 37.6 Å². The second kappa shape index (κ2) is 16.0. The molecule has 0 aromatic heterocycles. The first-order chi connectivity index (χ1) is 26.7. The zero-order chi connectivity index (χ0) is 39.8. The molecule has 0 saturated heterocycles. The summed E-state index contributed by atoms with van der Waals surface area (Å²) in [6.07, 6.45) is 0. The number of hydrogen-bond donors (Lipinski definition) is 4. The molecule has 14 nitrogen and oxygen atoms in total. The van der Waals surface area contributed by atoms with Gasteiger partial charge >= 0.3 is 0 Å². The topological polar surface area (TPSA) is 245 Å². The normalized spacial score (nSPS) is 12.0. The minimum Gasteiger partial charge on any atom is -0.744 e. The molecular weight excluding hydrogens is 813 g/mol. The maximum Gasteiger partial charge on any atom is 0.145 e. The van der Waals surface area contributed by atoms with E-state index in [0.717, 1.165) is 22.9 Å². The van der Waals surface area contributed by atoms with Crippen LogP contribution in [0.5, 0.6) is 23.0 Å². The zero-order valence-corrected chi connectivity index (χ0v) is 31.9. The standard InChI is InChI=1S/2C20H14N2O5S.Cr/c2*23-16-10-9-12-5-1-2-6-13(12)19(16)21-22-20-15-8-4-3-7-14(15)18(11-17(20)24)28(25,26)27;/h2*1-11,23-24H,(H,25,26,27);/p-2. The second-order valence-corrected chi connectivity index (χ2v) is 14.9. The molecule has 0 aliphatic carbocycles. The van der Waals surface area contributed by atoms with E-state index in [9.17, 15) is 46.4 Å². The molecule has 8 aromatic rings. The van der Waals surface area contributed by atoms with Crippen LogP contribution < -0.4 is 0 Å². The van der Waals surface area contributed by atoms with Gasteiger partial charge in [0.2, 0.25) is 0 Å². The summed E-state index contributed by atoms with van der Waals surface area (Å²) in [5.74, 6) is -1.19. The van der Waals surface area contributed by atoms with Crippen LogP contribution in [0.2, 0.25) is 0 Å². The van der Waals surface area contributed by atoms with Crippen molar-refractivity contribution in [2.24, 2.45) is 20.5 Å². The molecule has 0 saturated carbocycles. The number of fused-ring (bicyclic) bond motifs is 4. The van der Waals surface area contributed by atoms with Crippen molar-refractivity contribution in [1.29, 1.82) is 0 Å². The zero-order valence-electron chi connectivity index (χ0n) is 29.0.